The zero-order chi connectivity index (χ0) is 12.2. The van der Waals surface area contributed by atoms with Crippen LogP contribution in [-0.4, -0.2) is 42.5 Å². The van der Waals surface area contributed by atoms with Crippen LogP contribution in [0.4, 0.5) is 0 Å². The molecule has 1 unspecified atom stereocenters. The van der Waals surface area contributed by atoms with Gasteiger partial charge in [0.2, 0.25) is 0 Å². The van der Waals surface area contributed by atoms with Crippen LogP contribution in [0.25, 0.3) is 0 Å². The maximum atomic E-state index is 10.7. The number of hydrogen-bond donors (Lipinski definition) is 3. The van der Waals surface area contributed by atoms with Crippen LogP contribution in [-0.2, 0) is 10.1 Å². The van der Waals surface area contributed by atoms with Gasteiger partial charge in [0.05, 0.1) is 11.5 Å². The lowest BCUT2D eigenvalue weighted by molar-refractivity contribution is 0.0536. The van der Waals surface area contributed by atoms with E-state index in [9.17, 15) is 8.42 Å². The molecule has 0 saturated carbocycles. The fourth-order valence-electron chi connectivity index (χ4n) is 0.953. The van der Waals surface area contributed by atoms with Crippen LogP contribution in [0.1, 0.15) is 0 Å². The zero-order valence-corrected chi connectivity index (χ0v) is 9.09. The van der Waals surface area contributed by atoms with Gasteiger partial charge in [0, 0.05) is 0 Å². The third-order valence-corrected chi connectivity index (χ3v) is 2.64. The second kappa shape index (κ2) is 5.26. The van der Waals surface area contributed by atoms with Gasteiger partial charge in [-0.2, -0.15) is 8.42 Å². The summed E-state index contributed by atoms with van der Waals surface area (Å²) in [6.45, 7) is -0.509. The summed E-state index contributed by atoms with van der Waals surface area (Å²) in [5.74, 6) is 0.333. The van der Waals surface area contributed by atoms with Crippen molar-refractivity contribution in [2.75, 3.05) is 13.2 Å². The van der Waals surface area contributed by atoms with E-state index in [0.29, 0.717) is 5.75 Å². The van der Waals surface area contributed by atoms with Gasteiger partial charge in [0.1, 0.15) is 18.5 Å². The Morgan fingerprint density at radius 3 is 2.25 bits per heavy atom. The molecular weight excluding hydrogens is 236 g/mol. The molecule has 1 aromatic rings. The number of ether oxygens (including phenoxy) is 1. The third kappa shape index (κ3) is 3.78. The molecule has 0 radical (unpaired) electrons. The molecule has 0 aliphatic carbocycles. The topological polar surface area (TPSA) is 104 Å². The molecule has 0 amide bonds. The average Bonchev–Trinajstić information content (AvgIpc) is 2.25. The monoisotopic (exact) mass is 248 g/mol. The highest BCUT2D eigenvalue weighted by Gasteiger charge is 2.09. The summed E-state index contributed by atoms with van der Waals surface area (Å²) in [6, 6.07) is 5.03. The molecule has 0 aliphatic heterocycles. The van der Waals surface area contributed by atoms with Crippen LogP contribution in [0.15, 0.2) is 29.2 Å². The lowest BCUT2D eigenvalue weighted by Gasteiger charge is -2.09. The summed E-state index contributed by atoms with van der Waals surface area (Å²) < 4.78 is 35.1. The second-order valence-electron chi connectivity index (χ2n) is 3.09. The quantitative estimate of drug-likeness (QED) is 0.616. The van der Waals surface area contributed by atoms with Gasteiger partial charge in [0.15, 0.2) is 0 Å². The standard InChI is InChI=1S/C9H12O6S/c10-5-7(11)6-15-8-1-3-9(4-2-8)16(12,13)14/h1-4,7,10-11H,5-6H2,(H,12,13,14). The minimum Gasteiger partial charge on any atom is -0.491 e. The van der Waals surface area contributed by atoms with E-state index in [-0.39, 0.29) is 11.5 Å². The van der Waals surface area contributed by atoms with Crippen molar-refractivity contribution in [1.29, 1.82) is 0 Å². The fraction of sp³-hybridized carbons (Fsp3) is 0.333. The molecule has 3 N–H and O–H groups in total. The first-order valence-corrected chi connectivity index (χ1v) is 5.87. The summed E-state index contributed by atoms with van der Waals surface area (Å²) in [4.78, 5) is -0.234. The Balaban J connectivity index is 2.66. The molecule has 0 bridgehead atoms. The van der Waals surface area contributed by atoms with E-state index in [4.69, 9.17) is 19.5 Å². The van der Waals surface area contributed by atoms with Crippen molar-refractivity contribution < 1.29 is 27.9 Å². The molecule has 0 saturated heterocycles. The molecule has 1 atom stereocenters. The number of rotatable bonds is 5. The zero-order valence-electron chi connectivity index (χ0n) is 8.28. The van der Waals surface area contributed by atoms with Gasteiger partial charge in [-0.05, 0) is 24.3 Å². The Labute approximate surface area is 92.9 Å². The van der Waals surface area contributed by atoms with E-state index in [0.717, 1.165) is 0 Å². The lowest BCUT2D eigenvalue weighted by Crippen LogP contribution is -2.21. The summed E-state index contributed by atoms with van der Waals surface area (Å²) in [5, 5.41) is 17.5. The molecule has 16 heavy (non-hydrogen) atoms. The van der Waals surface area contributed by atoms with E-state index in [1.807, 2.05) is 0 Å². The van der Waals surface area contributed by atoms with E-state index in [1.54, 1.807) is 0 Å². The average molecular weight is 248 g/mol. The minimum atomic E-state index is -4.20. The van der Waals surface area contributed by atoms with Gasteiger partial charge in [0.25, 0.3) is 10.1 Å². The normalized spacial score (nSPS) is 13.4. The predicted molar refractivity (Wildman–Crippen MR) is 54.8 cm³/mol. The molecule has 7 heteroatoms. The first-order valence-electron chi connectivity index (χ1n) is 4.43. The number of hydrogen-bond acceptors (Lipinski definition) is 5. The number of aliphatic hydroxyl groups is 2. The highest BCUT2D eigenvalue weighted by atomic mass is 32.2. The van der Waals surface area contributed by atoms with Crippen molar-refractivity contribution in [3.63, 3.8) is 0 Å². The third-order valence-electron chi connectivity index (χ3n) is 1.77. The molecule has 0 aromatic heterocycles. The summed E-state index contributed by atoms with van der Waals surface area (Å²) in [5.41, 5.74) is 0. The largest absolute Gasteiger partial charge is 0.491 e. The highest BCUT2D eigenvalue weighted by Crippen LogP contribution is 2.15. The van der Waals surface area contributed by atoms with Crippen molar-refractivity contribution in [2.45, 2.75) is 11.0 Å². The van der Waals surface area contributed by atoms with Crippen molar-refractivity contribution in [1.82, 2.24) is 0 Å². The van der Waals surface area contributed by atoms with Gasteiger partial charge in [-0.3, -0.25) is 4.55 Å². The molecule has 0 spiro atoms. The highest BCUT2D eigenvalue weighted by molar-refractivity contribution is 7.85. The van der Waals surface area contributed by atoms with E-state index in [2.05, 4.69) is 0 Å². The Morgan fingerprint density at radius 1 is 1.25 bits per heavy atom. The molecule has 90 valence electrons. The van der Waals surface area contributed by atoms with Crippen molar-refractivity contribution in [3.05, 3.63) is 24.3 Å². The van der Waals surface area contributed by atoms with Crippen LogP contribution in [0.2, 0.25) is 0 Å². The second-order valence-corrected chi connectivity index (χ2v) is 4.52. The predicted octanol–water partition coefficient (Wildman–Crippen LogP) is -0.335. The summed E-state index contributed by atoms with van der Waals surface area (Å²) >= 11 is 0. The SMILES string of the molecule is O=S(=O)(O)c1ccc(OCC(O)CO)cc1. The Kier molecular flexibility index (Phi) is 4.25. The molecule has 0 fully saturated rings. The summed E-state index contributed by atoms with van der Waals surface area (Å²) in [6.07, 6.45) is -0.985. The lowest BCUT2D eigenvalue weighted by atomic mass is 10.3. The molecule has 0 aliphatic rings. The van der Waals surface area contributed by atoms with Crippen molar-refractivity contribution in [3.8, 4) is 5.75 Å². The van der Waals surface area contributed by atoms with Crippen LogP contribution in [0.5, 0.6) is 5.75 Å². The smallest absolute Gasteiger partial charge is 0.294 e. The van der Waals surface area contributed by atoms with Crippen molar-refractivity contribution in [2.24, 2.45) is 0 Å². The number of benzene rings is 1. The number of aliphatic hydroxyl groups excluding tert-OH is 2. The van der Waals surface area contributed by atoms with Crippen LogP contribution in [0.3, 0.4) is 0 Å². The molecular formula is C9H12O6S. The summed E-state index contributed by atoms with van der Waals surface area (Å²) in [7, 11) is -4.20. The maximum absolute atomic E-state index is 10.7. The van der Waals surface area contributed by atoms with Crippen LogP contribution < -0.4 is 4.74 Å². The van der Waals surface area contributed by atoms with Crippen molar-refractivity contribution >= 4 is 10.1 Å². The van der Waals surface area contributed by atoms with Crippen LogP contribution >= 0.6 is 0 Å². The van der Waals surface area contributed by atoms with E-state index in [1.165, 1.54) is 24.3 Å². The van der Waals surface area contributed by atoms with Gasteiger partial charge >= 0.3 is 0 Å². The van der Waals surface area contributed by atoms with Gasteiger partial charge in [-0.25, -0.2) is 0 Å². The fourth-order valence-corrected chi connectivity index (χ4v) is 1.43. The Bertz CT molecular complexity index is 424. The van der Waals surface area contributed by atoms with Gasteiger partial charge in [-0.15, -0.1) is 0 Å². The Hall–Kier alpha value is -1.15. The molecule has 1 aromatic carbocycles. The van der Waals surface area contributed by atoms with Crippen LogP contribution in [0, 0.1) is 0 Å². The molecule has 6 nitrogen and oxygen atoms in total. The molecule has 0 heterocycles. The minimum absolute atomic E-state index is 0.0955. The first-order chi connectivity index (χ1) is 7.43. The molecule has 1 rings (SSSR count). The first kappa shape index (κ1) is 12.9. The van der Waals surface area contributed by atoms with E-state index >= 15 is 0 Å². The maximum Gasteiger partial charge on any atom is 0.294 e. The Morgan fingerprint density at radius 2 is 1.81 bits per heavy atom. The van der Waals surface area contributed by atoms with E-state index < -0.39 is 22.8 Å². The van der Waals surface area contributed by atoms with Gasteiger partial charge in [-0.1, -0.05) is 0 Å². The van der Waals surface area contributed by atoms with Gasteiger partial charge < -0.3 is 14.9 Å².